The number of anilines is 1. The molecule has 0 saturated heterocycles. The average molecular weight is 356 g/mol. The van der Waals surface area contributed by atoms with E-state index in [1.54, 1.807) is 12.3 Å². The van der Waals surface area contributed by atoms with Crippen LogP contribution in [0.25, 0.3) is 0 Å². The smallest absolute Gasteiger partial charge is 0.340 e. The molecule has 2 rings (SSSR count). The van der Waals surface area contributed by atoms with Crippen LogP contribution in [0, 0.1) is 6.92 Å². The summed E-state index contributed by atoms with van der Waals surface area (Å²) in [7, 11) is 0. The van der Waals surface area contributed by atoms with Gasteiger partial charge in [-0.1, -0.05) is 0 Å². The molecule has 0 aromatic carbocycles. The number of carbonyl (C=O) groups is 2. The van der Waals surface area contributed by atoms with Crippen LogP contribution >= 0.6 is 27.3 Å². The highest BCUT2D eigenvalue weighted by Gasteiger charge is 2.12. The van der Waals surface area contributed by atoms with Gasteiger partial charge in [-0.2, -0.15) is 0 Å². The molecule has 0 aliphatic heterocycles. The van der Waals surface area contributed by atoms with Crippen LogP contribution in [-0.2, 0) is 9.53 Å². The molecule has 1 N–H and O–H groups in total. The Hall–Kier alpha value is -1.80. The van der Waals surface area contributed by atoms with Gasteiger partial charge in [0.15, 0.2) is 11.7 Å². The molecule has 0 bridgehead atoms. The van der Waals surface area contributed by atoms with Gasteiger partial charge in [0.1, 0.15) is 0 Å². The summed E-state index contributed by atoms with van der Waals surface area (Å²) in [5, 5.41) is 4.84. The van der Waals surface area contributed by atoms with Gasteiger partial charge in [-0.05, 0) is 28.9 Å². The Kier molecular flexibility index (Phi) is 4.80. The van der Waals surface area contributed by atoms with Gasteiger partial charge in [0, 0.05) is 22.2 Å². The zero-order valence-corrected chi connectivity index (χ0v) is 12.8. The minimum atomic E-state index is -0.607. The van der Waals surface area contributed by atoms with Crippen molar-refractivity contribution in [1.29, 1.82) is 0 Å². The third kappa shape index (κ3) is 4.10. The molecule has 0 aliphatic rings. The lowest BCUT2D eigenvalue weighted by molar-refractivity contribution is -0.119. The van der Waals surface area contributed by atoms with E-state index in [0.717, 1.165) is 5.69 Å². The summed E-state index contributed by atoms with van der Waals surface area (Å²) in [6.07, 6.45) is 2.92. The second kappa shape index (κ2) is 6.58. The third-order valence-electron chi connectivity index (χ3n) is 2.14. The predicted octanol–water partition coefficient (Wildman–Crippen LogP) is 2.40. The number of rotatable bonds is 4. The quantitative estimate of drug-likeness (QED) is 0.851. The van der Waals surface area contributed by atoms with Crippen molar-refractivity contribution >= 4 is 44.3 Å². The predicted molar refractivity (Wildman–Crippen MR) is 77.7 cm³/mol. The summed E-state index contributed by atoms with van der Waals surface area (Å²) in [4.78, 5) is 31.2. The minimum absolute atomic E-state index is 0.275. The molecule has 6 nitrogen and oxygen atoms in total. The number of amides is 1. The van der Waals surface area contributed by atoms with Crippen molar-refractivity contribution < 1.29 is 14.3 Å². The van der Waals surface area contributed by atoms with Crippen molar-refractivity contribution in [2.24, 2.45) is 0 Å². The van der Waals surface area contributed by atoms with Gasteiger partial charge in [-0.15, -0.1) is 11.3 Å². The van der Waals surface area contributed by atoms with Crippen LogP contribution < -0.4 is 5.32 Å². The Labute approximate surface area is 127 Å². The first-order chi connectivity index (χ1) is 9.54. The Morgan fingerprint density at radius 3 is 2.90 bits per heavy atom. The summed E-state index contributed by atoms with van der Waals surface area (Å²) in [5.74, 6) is -1.04. The van der Waals surface area contributed by atoms with Crippen LogP contribution in [0.15, 0.2) is 28.3 Å². The second-order valence-corrected chi connectivity index (χ2v) is 5.58. The molecule has 2 aromatic rings. The van der Waals surface area contributed by atoms with Crippen LogP contribution in [0.3, 0.4) is 0 Å². The number of carbonyl (C=O) groups excluding carboxylic acids is 2. The first-order valence-electron chi connectivity index (χ1n) is 5.54. The van der Waals surface area contributed by atoms with E-state index in [0.29, 0.717) is 9.60 Å². The van der Waals surface area contributed by atoms with Gasteiger partial charge in [-0.3, -0.25) is 15.1 Å². The van der Waals surface area contributed by atoms with Crippen LogP contribution in [0.5, 0.6) is 0 Å². The maximum Gasteiger partial charge on any atom is 0.340 e. The number of nitrogens with one attached hydrogen (secondary N) is 1. The zero-order valence-electron chi connectivity index (χ0n) is 10.4. The molecular formula is C12H10BrN3O3S. The lowest BCUT2D eigenvalue weighted by Gasteiger charge is -2.04. The topological polar surface area (TPSA) is 81.2 Å². The van der Waals surface area contributed by atoms with Crippen molar-refractivity contribution in [2.75, 3.05) is 11.9 Å². The fourth-order valence-corrected chi connectivity index (χ4v) is 2.37. The van der Waals surface area contributed by atoms with Gasteiger partial charge in [-0.25, -0.2) is 9.78 Å². The molecule has 0 saturated carbocycles. The van der Waals surface area contributed by atoms with Gasteiger partial charge in [0.05, 0.1) is 11.3 Å². The highest BCUT2D eigenvalue weighted by atomic mass is 79.9. The van der Waals surface area contributed by atoms with Crippen LogP contribution in [0.1, 0.15) is 16.1 Å². The van der Waals surface area contributed by atoms with Crippen molar-refractivity contribution in [3.8, 4) is 0 Å². The molecule has 0 aliphatic carbocycles. The number of esters is 1. The van der Waals surface area contributed by atoms with Crippen molar-refractivity contribution in [2.45, 2.75) is 6.92 Å². The Balaban J connectivity index is 1.85. The van der Waals surface area contributed by atoms with Gasteiger partial charge in [0.25, 0.3) is 5.91 Å². The number of thiazole rings is 1. The van der Waals surface area contributed by atoms with E-state index in [1.165, 1.54) is 17.5 Å². The minimum Gasteiger partial charge on any atom is -0.452 e. The van der Waals surface area contributed by atoms with Gasteiger partial charge >= 0.3 is 5.97 Å². The van der Waals surface area contributed by atoms with E-state index in [-0.39, 0.29) is 12.2 Å². The van der Waals surface area contributed by atoms with Crippen molar-refractivity contribution in [3.63, 3.8) is 0 Å². The molecule has 0 atom stereocenters. The molecule has 104 valence electrons. The molecular weight excluding hydrogens is 346 g/mol. The normalized spacial score (nSPS) is 10.1. The van der Waals surface area contributed by atoms with E-state index < -0.39 is 11.9 Å². The highest BCUT2D eigenvalue weighted by molar-refractivity contribution is 9.10. The van der Waals surface area contributed by atoms with Crippen LogP contribution in [0.2, 0.25) is 0 Å². The molecule has 0 fully saturated rings. The molecule has 20 heavy (non-hydrogen) atoms. The van der Waals surface area contributed by atoms with Crippen molar-refractivity contribution in [1.82, 2.24) is 9.97 Å². The largest absolute Gasteiger partial charge is 0.452 e. The van der Waals surface area contributed by atoms with Gasteiger partial charge < -0.3 is 4.74 Å². The number of aromatic nitrogens is 2. The fourth-order valence-electron chi connectivity index (χ4n) is 1.30. The molecule has 0 unspecified atom stereocenters. The first-order valence-corrected chi connectivity index (χ1v) is 7.21. The lowest BCUT2D eigenvalue weighted by atomic mass is 10.3. The van der Waals surface area contributed by atoms with E-state index >= 15 is 0 Å². The summed E-state index contributed by atoms with van der Waals surface area (Å²) in [6.45, 7) is 1.45. The summed E-state index contributed by atoms with van der Waals surface area (Å²) >= 11 is 4.51. The van der Waals surface area contributed by atoms with E-state index in [9.17, 15) is 9.59 Å². The van der Waals surface area contributed by atoms with Crippen LogP contribution in [-0.4, -0.2) is 28.5 Å². The summed E-state index contributed by atoms with van der Waals surface area (Å²) < 4.78 is 5.55. The SMILES string of the molecule is Cc1csc(NC(=O)COC(=O)c2cncc(Br)c2)n1. The maximum atomic E-state index is 11.7. The van der Waals surface area contributed by atoms with E-state index in [4.69, 9.17) is 4.74 Å². The molecule has 2 aromatic heterocycles. The Morgan fingerprint density at radius 1 is 1.45 bits per heavy atom. The Morgan fingerprint density at radius 2 is 2.25 bits per heavy atom. The standard InChI is InChI=1S/C12H10BrN3O3S/c1-7-6-20-12(15-7)16-10(17)5-19-11(18)8-2-9(13)4-14-3-8/h2-4,6H,5H2,1H3,(H,15,16,17). The zero-order chi connectivity index (χ0) is 14.5. The van der Waals surface area contributed by atoms with E-state index in [1.807, 2.05) is 12.3 Å². The number of nitrogens with zero attached hydrogens (tertiary/aromatic N) is 2. The monoisotopic (exact) mass is 355 g/mol. The number of hydrogen-bond donors (Lipinski definition) is 1. The fraction of sp³-hybridized carbons (Fsp3) is 0.167. The van der Waals surface area contributed by atoms with Crippen molar-refractivity contribution in [3.05, 3.63) is 39.6 Å². The number of ether oxygens (including phenoxy) is 1. The third-order valence-corrected chi connectivity index (χ3v) is 3.45. The lowest BCUT2D eigenvalue weighted by Crippen LogP contribution is -2.20. The summed E-state index contributed by atoms with van der Waals surface area (Å²) in [5.41, 5.74) is 1.10. The van der Waals surface area contributed by atoms with Gasteiger partial charge in [0.2, 0.25) is 0 Å². The van der Waals surface area contributed by atoms with E-state index in [2.05, 4.69) is 31.2 Å². The first kappa shape index (κ1) is 14.6. The number of aryl methyl sites for hydroxylation is 1. The van der Waals surface area contributed by atoms with Crippen LogP contribution in [0.4, 0.5) is 5.13 Å². The number of pyridine rings is 1. The molecule has 1 amide bonds. The molecule has 2 heterocycles. The Bertz CT molecular complexity index is 644. The maximum absolute atomic E-state index is 11.7. The molecule has 8 heteroatoms. The molecule has 0 spiro atoms. The summed E-state index contributed by atoms with van der Waals surface area (Å²) in [6, 6.07) is 1.57. The number of halogens is 1. The average Bonchev–Trinajstić information content (AvgIpc) is 2.81. The number of hydrogen-bond acceptors (Lipinski definition) is 6. The molecule has 0 radical (unpaired) electrons. The second-order valence-electron chi connectivity index (χ2n) is 3.81. The highest BCUT2D eigenvalue weighted by Crippen LogP contribution is 2.14.